The molecule has 0 spiro atoms. The quantitative estimate of drug-likeness (QED) is 0.627. The molecule has 1 rings (SSSR count). The van der Waals surface area contributed by atoms with Gasteiger partial charge in [0, 0.05) is 17.8 Å². The van der Waals surface area contributed by atoms with E-state index >= 15 is 0 Å². The summed E-state index contributed by atoms with van der Waals surface area (Å²) in [7, 11) is 0. The highest BCUT2D eigenvalue weighted by Gasteiger charge is 2.25. The molecular weight excluding hydrogens is 212 g/mol. The van der Waals surface area contributed by atoms with Gasteiger partial charge in [0.05, 0.1) is 0 Å². The van der Waals surface area contributed by atoms with Crippen LogP contribution >= 0.6 is 11.8 Å². The fraction of sp³-hybridized carbons (Fsp3) is 0.900. The normalized spacial score (nSPS) is 27.9. The highest BCUT2D eigenvalue weighted by Crippen LogP contribution is 2.29. The van der Waals surface area contributed by atoms with Crippen molar-refractivity contribution in [1.29, 1.82) is 0 Å². The molecular formula is C10H20N2O2S. The van der Waals surface area contributed by atoms with Crippen molar-refractivity contribution in [2.75, 3.05) is 12.3 Å². The van der Waals surface area contributed by atoms with Crippen molar-refractivity contribution in [2.45, 2.75) is 43.5 Å². The molecule has 3 unspecified atom stereocenters. The van der Waals surface area contributed by atoms with Crippen LogP contribution in [-0.2, 0) is 4.79 Å². The van der Waals surface area contributed by atoms with Crippen LogP contribution in [0.2, 0.25) is 0 Å². The lowest BCUT2D eigenvalue weighted by Gasteiger charge is -2.14. The summed E-state index contributed by atoms with van der Waals surface area (Å²) < 4.78 is 0. The van der Waals surface area contributed by atoms with Crippen LogP contribution in [-0.4, -0.2) is 40.7 Å². The number of hydrogen-bond donors (Lipinski definition) is 3. The van der Waals surface area contributed by atoms with Crippen LogP contribution in [0.25, 0.3) is 0 Å². The van der Waals surface area contributed by atoms with E-state index in [9.17, 15) is 4.79 Å². The average Bonchev–Trinajstić information content (AvgIpc) is 2.62. The van der Waals surface area contributed by atoms with Crippen LogP contribution in [0, 0.1) is 0 Å². The first kappa shape index (κ1) is 12.8. The molecule has 0 bridgehead atoms. The lowest BCUT2D eigenvalue weighted by molar-refractivity contribution is -0.138. The van der Waals surface area contributed by atoms with Crippen molar-refractivity contribution in [2.24, 2.45) is 5.73 Å². The molecule has 4 N–H and O–H groups in total. The zero-order valence-electron chi connectivity index (χ0n) is 9.11. The Balaban J connectivity index is 2.16. The molecule has 1 fully saturated rings. The van der Waals surface area contributed by atoms with E-state index in [0.29, 0.717) is 12.6 Å². The van der Waals surface area contributed by atoms with Gasteiger partial charge in [-0.2, -0.15) is 11.8 Å². The van der Waals surface area contributed by atoms with Crippen molar-refractivity contribution >= 4 is 17.7 Å². The minimum atomic E-state index is -0.931. The van der Waals surface area contributed by atoms with E-state index in [0.717, 1.165) is 23.8 Å². The third-order valence-corrected chi connectivity index (χ3v) is 3.96. The van der Waals surface area contributed by atoms with Crippen LogP contribution in [0.15, 0.2) is 0 Å². The first-order valence-corrected chi connectivity index (χ1v) is 6.51. The van der Waals surface area contributed by atoms with Crippen LogP contribution in [0.4, 0.5) is 0 Å². The molecule has 5 heteroatoms. The van der Waals surface area contributed by atoms with Gasteiger partial charge in [-0.3, -0.25) is 4.79 Å². The van der Waals surface area contributed by atoms with Gasteiger partial charge >= 0.3 is 5.97 Å². The van der Waals surface area contributed by atoms with Crippen molar-refractivity contribution in [1.82, 2.24) is 5.32 Å². The van der Waals surface area contributed by atoms with Crippen molar-refractivity contribution in [3.05, 3.63) is 0 Å². The zero-order valence-corrected chi connectivity index (χ0v) is 9.93. The first-order valence-electron chi connectivity index (χ1n) is 5.46. The van der Waals surface area contributed by atoms with E-state index in [1.807, 2.05) is 11.8 Å². The number of carbonyl (C=O) groups is 1. The summed E-state index contributed by atoms with van der Waals surface area (Å²) in [4.78, 5) is 10.5. The van der Waals surface area contributed by atoms with Crippen LogP contribution in [0.1, 0.15) is 26.2 Å². The number of rotatable bonds is 6. The third kappa shape index (κ3) is 4.40. The van der Waals surface area contributed by atoms with Gasteiger partial charge in [0.1, 0.15) is 6.04 Å². The Labute approximate surface area is 95.0 Å². The molecule has 0 aliphatic heterocycles. The summed E-state index contributed by atoms with van der Waals surface area (Å²) in [6, 6.07) is -0.317. The second kappa shape index (κ2) is 6.35. The van der Waals surface area contributed by atoms with Crippen LogP contribution < -0.4 is 11.1 Å². The first-order chi connectivity index (χ1) is 7.13. The standard InChI is InChI=1S/C10H20N2O2S/c1-2-15-8-4-3-7(5-8)12-6-9(11)10(13)14/h7-9,12H,2-6,11H2,1H3,(H,13,14). The minimum Gasteiger partial charge on any atom is -0.480 e. The van der Waals surface area contributed by atoms with E-state index in [2.05, 4.69) is 12.2 Å². The summed E-state index contributed by atoms with van der Waals surface area (Å²) in [6.07, 6.45) is 3.52. The topological polar surface area (TPSA) is 75.3 Å². The van der Waals surface area contributed by atoms with E-state index in [4.69, 9.17) is 10.8 Å². The molecule has 1 saturated carbocycles. The van der Waals surface area contributed by atoms with Gasteiger partial charge in [-0.05, 0) is 25.0 Å². The Morgan fingerprint density at radius 2 is 2.40 bits per heavy atom. The molecule has 0 aromatic rings. The molecule has 1 aliphatic rings. The smallest absolute Gasteiger partial charge is 0.321 e. The predicted octanol–water partition coefficient (Wildman–Crippen LogP) is 0.662. The molecule has 0 saturated heterocycles. The summed E-state index contributed by atoms with van der Waals surface area (Å²) in [5.41, 5.74) is 5.42. The highest BCUT2D eigenvalue weighted by atomic mass is 32.2. The van der Waals surface area contributed by atoms with Gasteiger partial charge in [-0.1, -0.05) is 6.92 Å². The number of nitrogens with one attached hydrogen (secondary N) is 1. The van der Waals surface area contributed by atoms with Crippen LogP contribution in [0.5, 0.6) is 0 Å². The average molecular weight is 232 g/mol. The van der Waals surface area contributed by atoms with E-state index < -0.39 is 12.0 Å². The van der Waals surface area contributed by atoms with E-state index in [1.54, 1.807) is 0 Å². The Kier molecular flexibility index (Phi) is 5.42. The van der Waals surface area contributed by atoms with Gasteiger partial charge in [-0.15, -0.1) is 0 Å². The molecule has 1 aliphatic carbocycles. The van der Waals surface area contributed by atoms with Gasteiger partial charge in [-0.25, -0.2) is 0 Å². The largest absolute Gasteiger partial charge is 0.480 e. The lowest BCUT2D eigenvalue weighted by atomic mass is 10.2. The van der Waals surface area contributed by atoms with Gasteiger partial charge in [0.25, 0.3) is 0 Å². The Morgan fingerprint density at radius 3 is 3.00 bits per heavy atom. The summed E-state index contributed by atoms with van der Waals surface area (Å²) in [5.74, 6) is 0.228. The van der Waals surface area contributed by atoms with Gasteiger partial charge in [0.15, 0.2) is 0 Å². The Bertz CT molecular complexity index is 214. The molecule has 88 valence electrons. The van der Waals surface area contributed by atoms with E-state index in [-0.39, 0.29) is 0 Å². The Hall–Kier alpha value is -0.260. The molecule has 15 heavy (non-hydrogen) atoms. The SMILES string of the molecule is CCSC1CCC(NCC(N)C(=O)O)C1. The molecule has 4 nitrogen and oxygen atoms in total. The second-order valence-electron chi connectivity index (χ2n) is 3.94. The molecule has 0 heterocycles. The zero-order chi connectivity index (χ0) is 11.3. The summed E-state index contributed by atoms with van der Waals surface area (Å²) >= 11 is 2.00. The molecule has 0 amide bonds. The van der Waals surface area contributed by atoms with Crippen molar-refractivity contribution in [3.63, 3.8) is 0 Å². The molecule has 3 atom stereocenters. The van der Waals surface area contributed by atoms with Crippen LogP contribution in [0.3, 0.4) is 0 Å². The maximum atomic E-state index is 10.5. The van der Waals surface area contributed by atoms with Gasteiger partial charge in [0.2, 0.25) is 0 Å². The number of carboxylic acid groups (broad SMARTS) is 1. The molecule has 0 radical (unpaired) electrons. The highest BCUT2D eigenvalue weighted by molar-refractivity contribution is 7.99. The van der Waals surface area contributed by atoms with Gasteiger partial charge < -0.3 is 16.2 Å². The third-order valence-electron chi connectivity index (χ3n) is 2.73. The number of carboxylic acids is 1. The second-order valence-corrected chi connectivity index (χ2v) is 5.52. The van der Waals surface area contributed by atoms with Crippen molar-refractivity contribution in [3.8, 4) is 0 Å². The maximum Gasteiger partial charge on any atom is 0.321 e. The monoisotopic (exact) mass is 232 g/mol. The molecule has 0 aromatic carbocycles. The number of thioether (sulfide) groups is 1. The number of hydrogen-bond acceptors (Lipinski definition) is 4. The summed E-state index contributed by atoms with van der Waals surface area (Å²) in [5, 5.41) is 12.6. The van der Waals surface area contributed by atoms with Crippen molar-refractivity contribution < 1.29 is 9.90 Å². The Morgan fingerprint density at radius 1 is 1.67 bits per heavy atom. The predicted molar refractivity (Wildman–Crippen MR) is 63.2 cm³/mol. The molecule has 0 aromatic heterocycles. The fourth-order valence-corrected chi connectivity index (χ4v) is 3.04. The number of nitrogens with two attached hydrogens (primary N) is 1. The maximum absolute atomic E-state index is 10.5. The number of aliphatic carboxylic acids is 1. The lowest BCUT2D eigenvalue weighted by Crippen LogP contribution is -2.43. The summed E-state index contributed by atoms with van der Waals surface area (Å²) in [6.45, 7) is 2.55. The fourth-order valence-electron chi connectivity index (χ4n) is 1.89. The van der Waals surface area contributed by atoms with E-state index in [1.165, 1.54) is 6.42 Å². The minimum absolute atomic E-state index is 0.378.